The van der Waals surface area contributed by atoms with E-state index < -0.39 is 11.7 Å². The van der Waals surface area contributed by atoms with Gasteiger partial charge in [-0.05, 0) is 18.1 Å². The molecule has 1 N–H and O–H groups in total. The Morgan fingerprint density at radius 2 is 2.12 bits per heavy atom. The second kappa shape index (κ2) is 4.41. The van der Waals surface area contributed by atoms with E-state index in [1.807, 2.05) is 6.07 Å². The van der Waals surface area contributed by atoms with Crippen LogP contribution in [-0.4, -0.2) is 23.5 Å². The average molecular weight is 232 g/mol. The summed E-state index contributed by atoms with van der Waals surface area (Å²) in [7, 11) is 0. The highest BCUT2D eigenvalue weighted by Crippen LogP contribution is 2.31. The van der Waals surface area contributed by atoms with Gasteiger partial charge in [-0.3, -0.25) is 4.79 Å². The molecule has 0 aromatic heterocycles. The van der Waals surface area contributed by atoms with Gasteiger partial charge in [-0.15, -0.1) is 0 Å². The van der Waals surface area contributed by atoms with Gasteiger partial charge in [-0.25, -0.2) is 4.79 Å². The molecule has 4 nitrogen and oxygen atoms in total. The molecule has 0 fully saturated rings. The van der Waals surface area contributed by atoms with Gasteiger partial charge in [-0.1, -0.05) is 24.3 Å². The Morgan fingerprint density at radius 3 is 2.82 bits per heavy atom. The summed E-state index contributed by atoms with van der Waals surface area (Å²) in [6.45, 7) is 1.80. The normalized spacial score (nSPS) is 16.6. The third-order valence-electron chi connectivity index (χ3n) is 2.62. The minimum atomic E-state index is -0.854. The van der Waals surface area contributed by atoms with Crippen molar-refractivity contribution in [2.24, 2.45) is 0 Å². The van der Waals surface area contributed by atoms with Crippen molar-refractivity contribution in [2.45, 2.75) is 13.3 Å². The summed E-state index contributed by atoms with van der Waals surface area (Å²) < 4.78 is 4.68. The van der Waals surface area contributed by atoms with Crippen LogP contribution in [0.5, 0.6) is 0 Å². The molecule has 0 bridgehead atoms. The highest BCUT2D eigenvalue weighted by Gasteiger charge is 2.30. The fourth-order valence-corrected chi connectivity index (χ4v) is 1.89. The van der Waals surface area contributed by atoms with Crippen molar-refractivity contribution in [1.29, 1.82) is 0 Å². The van der Waals surface area contributed by atoms with Crippen LogP contribution in [0.25, 0.3) is 5.57 Å². The average Bonchev–Trinajstić information content (AvgIpc) is 2.64. The lowest BCUT2D eigenvalue weighted by atomic mass is 10.1. The quantitative estimate of drug-likeness (QED) is 0.478. The number of esters is 1. The SMILES string of the molecule is CCOC(=O)/C(O)=C1\C(=O)Cc2ccccc21. The summed E-state index contributed by atoms with van der Waals surface area (Å²) in [6, 6.07) is 7.09. The standard InChI is InChI=1S/C13H12O4/c1-2-17-13(16)12(15)11-9-6-4-3-5-8(9)7-10(11)14/h3-6,15H,2,7H2,1H3/b12-11+. The van der Waals surface area contributed by atoms with Gasteiger partial charge in [0, 0.05) is 6.42 Å². The molecule has 0 saturated heterocycles. The lowest BCUT2D eigenvalue weighted by molar-refractivity contribution is -0.141. The molecule has 0 aliphatic heterocycles. The molecule has 17 heavy (non-hydrogen) atoms. The van der Waals surface area contributed by atoms with Gasteiger partial charge in [0.15, 0.2) is 5.78 Å². The molecule has 1 aliphatic rings. The van der Waals surface area contributed by atoms with E-state index >= 15 is 0 Å². The Kier molecular flexibility index (Phi) is 2.95. The number of hydrogen-bond donors (Lipinski definition) is 1. The van der Waals surface area contributed by atoms with Crippen molar-refractivity contribution in [3.05, 3.63) is 41.2 Å². The maximum Gasteiger partial charge on any atom is 0.374 e. The molecule has 0 unspecified atom stereocenters. The van der Waals surface area contributed by atoms with Crippen LogP contribution in [-0.2, 0) is 20.7 Å². The smallest absolute Gasteiger partial charge is 0.374 e. The summed E-state index contributed by atoms with van der Waals surface area (Å²) in [6.07, 6.45) is 0.217. The first-order chi connectivity index (χ1) is 8.15. The fourth-order valence-electron chi connectivity index (χ4n) is 1.89. The molecule has 0 saturated carbocycles. The number of Topliss-reactive ketones (excluding diaryl/α,β-unsaturated/α-hetero) is 1. The molecule has 0 radical (unpaired) electrons. The molecule has 0 amide bonds. The maximum atomic E-state index is 11.8. The molecule has 1 aromatic carbocycles. The number of aliphatic hydroxyl groups excluding tert-OH is 1. The predicted molar refractivity (Wildman–Crippen MR) is 61.3 cm³/mol. The number of benzene rings is 1. The van der Waals surface area contributed by atoms with Crippen LogP contribution >= 0.6 is 0 Å². The molecular formula is C13H12O4. The van der Waals surface area contributed by atoms with Crippen molar-refractivity contribution in [3.8, 4) is 0 Å². The summed E-state index contributed by atoms with van der Waals surface area (Å²) in [5.74, 6) is -1.70. The van der Waals surface area contributed by atoms with Crippen molar-refractivity contribution >= 4 is 17.3 Å². The maximum absolute atomic E-state index is 11.8. The monoisotopic (exact) mass is 232 g/mol. The Bertz CT molecular complexity index is 514. The molecule has 1 aromatic rings. The fraction of sp³-hybridized carbons (Fsp3) is 0.231. The molecule has 0 spiro atoms. The highest BCUT2D eigenvalue weighted by molar-refractivity contribution is 6.29. The summed E-state index contributed by atoms with van der Waals surface area (Å²) in [5, 5.41) is 9.75. The van der Waals surface area contributed by atoms with Crippen molar-refractivity contribution in [2.75, 3.05) is 6.61 Å². The van der Waals surface area contributed by atoms with E-state index in [0.717, 1.165) is 5.56 Å². The third-order valence-corrected chi connectivity index (χ3v) is 2.62. The number of ketones is 1. The van der Waals surface area contributed by atoms with E-state index in [0.29, 0.717) is 5.56 Å². The van der Waals surface area contributed by atoms with Gasteiger partial charge in [0.1, 0.15) is 0 Å². The Morgan fingerprint density at radius 1 is 1.41 bits per heavy atom. The number of ether oxygens (including phenoxy) is 1. The molecule has 4 heteroatoms. The number of aliphatic hydroxyl groups is 1. The van der Waals surface area contributed by atoms with Crippen molar-refractivity contribution < 1.29 is 19.4 Å². The van der Waals surface area contributed by atoms with Crippen LogP contribution in [0.2, 0.25) is 0 Å². The van der Waals surface area contributed by atoms with E-state index in [4.69, 9.17) is 0 Å². The van der Waals surface area contributed by atoms with Gasteiger partial charge in [0.05, 0.1) is 12.2 Å². The lowest BCUT2D eigenvalue weighted by Crippen LogP contribution is -2.11. The Balaban J connectivity index is 2.48. The van der Waals surface area contributed by atoms with E-state index in [9.17, 15) is 14.7 Å². The van der Waals surface area contributed by atoms with E-state index in [2.05, 4.69) is 4.74 Å². The van der Waals surface area contributed by atoms with E-state index in [1.165, 1.54) is 0 Å². The Labute approximate surface area is 98.5 Å². The van der Waals surface area contributed by atoms with E-state index in [-0.39, 0.29) is 24.4 Å². The summed E-state index contributed by atoms with van der Waals surface area (Å²) in [4.78, 5) is 23.2. The minimum Gasteiger partial charge on any atom is -0.501 e. The zero-order valence-electron chi connectivity index (χ0n) is 9.40. The number of fused-ring (bicyclic) bond motifs is 1. The van der Waals surface area contributed by atoms with Crippen molar-refractivity contribution in [3.63, 3.8) is 0 Å². The van der Waals surface area contributed by atoms with Gasteiger partial charge in [0.25, 0.3) is 0 Å². The van der Waals surface area contributed by atoms with Crippen LogP contribution in [0.15, 0.2) is 30.0 Å². The molecular weight excluding hydrogens is 220 g/mol. The number of rotatable bonds is 2. The molecule has 88 valence electrons. The van der Waals surface area contributed by atoms with Crippen LogP contribution < -0.4 is 0 Å². The Hall–Kier alpha value is -2.10. The zero-order valence-corrected chi connectivity index (χ0v) is 9.40. The number of allylic oxidation sites excluding steroid dienone is 1. The van der Waals surface area contributed by atoms with Crippen LogP contribution in [0, 0.1) is 0 Å². The molecule has 0 heterocycles. The first-order valence-electron chi connectivity index (χ1n) is 5.37. The first-order valence-corrected chi connectivity index (χ1v) is 5.37. The van der Waals surface area contributed by atoms with Crippen molar-refractivity contribution in [1.82, 2.24) is 0 Å². The summed E-state index contributed by atoms with van der Waals surface area (Å²) >= 11 is 0. The van der Waals surface area contributed by atoms with Gasteiger partial charge in [0.2, 0.25) is 5.76 Å². The van der Waals surface area contributed by atoms with Crippen LogP contribution in [0.3, 0.4) is 0 Å². The van der Waals surface area contributed by atoms with Gasteiger partial charge in [-0.2, -0.15) is 0 Å². The number of carbonyl (C=O) groups is 2. The van der Waals surface area contributed by atoms with Crippen LogP contribution in [0.4, 0.5) is 0 Å². The third kappa shape index (κ3) is 1.93. The van der Waals surface area contributed by atoms with Gasteiger partial charge >= 0.3 is 5.97 Å². The predicted octanol–water partition coefficient (Wildman–Crippen LogP) is 1.64. The lowest BCUT2D eigenvalue weighted by Gasteiger charge is -2.04. The molecule has 1 aliphatic carbocycles. The minimum absolute atomic E-state index is 0.0686. The zero-order chi connectivity index (χ0) is 12.4. The number of hydrogen-bond acceptors (Lipinski definition) is 4. The molecule has 0 atom stereocenters. The van der Waals surface area contributed by atoms with Gasteiger partial charge < -0.3 is 9.84 Å². The second-order valence-electron chi connectivity index (χ2n) is 3.70. The largest absolute Gasteiger partial charge is 0.501 e. The highest BCUT2D eigenvalue weighted by atomic mass is 16.5. The summed E-state index contributed by atoms with van der Waals surface area (Å²) in [5.41, 5.74) is 1.51. The van der Waals surface area contributed by atoms with Crippen LogP contribution in [0.1, 0.15) is 18.1 Å². The number of carbonyl (C=O) groups excluding carboxylic acids is 2. The topological polar surface area (TPSA) is 63.6 Å². The second-order valence-corrected chi connectivity index (χ2v) is 3.70. The molecule has 2 rings (SSSR count). The first kappa shape index (κ1) is 11.4. The van der Waals surface area contributed by atoms with E-state index in [1.54, 1.807) is 25.1 Å².